The first-order chi connectivity index (χ1) is 12.7. The summed E-state index contributed by atoms with van der Waals surface area (Å²) in [7, 11) is -3.35. The van der Waals surface area contributed by atoms with Crippen molar-refractivity contribution in [1.82, 2.24) is 10.2 Å². The lowest BCUT2D eigenvalue weighted by atomic mass is 10.2. The molecule has 0 atom stereocenters. The maximum atomic E-state index is 12.2. The number of carbonyl (C=O) groups is 1. The fourth-order valence-electron chi connectivity index (χ4n) is 2.47. The molecule has 1 amide bonds. The van der Waals surface area contributed by atoms with Crippen LogP contribution in [-0.2, 0) is 9.84 Å². The summed E-state index contributed by atoms with van der Waals surface area (Å²) in [5, 5.41) is 9.69. The van der Waals surface area contributed by atoms with E-state index in [1.165, 1.54) is 12.1 Å². The van der Waals surface area contributed by atoms with E-state index in [2.05, 4.69) is 15.5 Å². The van der Waals surface area contributed by atoms with Crippen molar-refractivity contribution in [3.63, 3.8) is 0 Å². The molecule has 142 valence electrons. The van der Waals surface area contributed by atoms with Crippen LogP contribution in [0, 0.1) is 13.8 Å². The summed E-state index contributed by atoms with van der Waals surface area (Å²) in [4.78, 5) is 12.5. The molecule has 1 N–H and O–H groups in total. The van der Waals surface area contributed by atoms with Gasteiger partial charge in [0.15, 0.2) is 9.84 Å². The minimum atomic E-state index is -3.35. The van der Waals surface area contributed by atoms with Crippen LogP contribution in [0.1, 0.15) is 35.7 Å². The highest BCUT2D eigenvalue weighted by Gasteiger charge is 2.20. The van der Waals surface area contributed by atoms with Crippen molar-refractivity contribution in [3.05, 3.63) is 47.4 Å². The van der Waals surface area contributed by atoms with Crippen LogP contribution < -0.4 is 5.32 Å². The number of furan rings is 1. The lowest BCUT2D eigenvalue weighted by molar-refractivity contribution is 0.102. The molecule has 27 heavy (non-hydrogen) atoms. The zero-order valence-corrected chi connectivity index (χ0v) is 16.1. The zero-order chi connectivity index (χ0) is 19.8. The topological polar surface area (TPSA) is 115 Å². The van der Waals surface area contributed by atoms with Crippen molar-refractivity contribution in [2.24, 2.45) is 0 Å². The number of aryl methyl sites for hydroxylation is 2. The third-order valence-electron chi connectivity index (χ3n) is 3.98. The van der Waals surface area contributed by atoms with E-state index in [0.717, 1.165) is 0 Å². The van der Waals surface area contributed by atoms with Gasteiger partial charge in [0.2, 0.25) is 5.89 Å². The Morgan fingerprint density at radius 3 is 2.30 bits per heavy atom. The lowest BCUT2D eigenvalue weighted by Gasteiger charge is -2.07. The molecule has 0 spiro atoms. The first-order valence-electron chi connectivity index (χ1n) is 8.24. The summed E-state index contributed by atoms with van der Waals surface area (Å²) in [6.07, 6.45) is 0. The molecule has 1 aromatic carbocycles. The van der Waals surface area contributed by atoms with E-state index < -0.39 is 21.0 Å². The Labute approximate surface area is 156 Å². The number of nitrogens with zero attached hydrogens (tertiary/aromatic N) is 2. The first kappa shape index (κ1) is 18.8. The van der Waals surface area contributed by atoms with E-state index in [1.807, 2.05) is 0 Å². The number of nitrogens with one attached hydrogen (secondary N) is 1. The van der Waals surface area contributed by atoms with Crippen LogP contribution >= 0.6 is 0 Å². The van der Waals surface area contributed by atoms with Gasteiger partial charge in [0.1, 0.15) is 11.5 Å². The number of hydrogen-bond donors (Lipinski definition) is 1. The molecule has 3 aromatic rings. The molecular weight excluding hydrogens is 370 g/mol. The number of benzene rings is 1. The summed E-state index contributed by atoms with van der Waals surface area (Å²) in [6, 6.07) is 7.70. The van der Waals surface area contributed by atoms with Crippen LogP contribution in [0.3, 0.4) is 0 Å². The number of anilines is 1. The highest BCUT2D eigenvalue weighted by atomic mass is 32.2. The van der Waals surface area contributed by atoms with Gasteiger partial charge in [-0.25, -0.2) is 8.42 Å². The second-order valence-corrected chi connectivity index (χ2v) is 8.82. The van der Waals surface area contributed by atoms with Gasteiger partial charge >= 0.3 is 6.01 Å². The van der Waals surface area contributed by atoms with E-state index in [4.69, 9.17) is 8.83 Å². The Bertz CT molecular complexity index is 1080. The number of carbonyl (C=O) groups excluding carboxylic acids is 1. The van der Waals surface area contributed by atoms with Gasteiger partial charge in [0.05, 0.1) is 15.7 Å². The van der Waals surface area contributed by atoms with Crippen molar-refractivity contribution in [3.8, 4) is 11.5 Å². The Morgan fingerprint density at radius 2 is 1.74 bits per heavy atom. The third-order valence-corrected chi connectivity index (χ3v) is 6.15. The van der Waals surface area contributed by atoms with E-state index in [-0.39, 0.29) is 16.8 Å². The number of aromatic nitrogens is 2. The Balaban J connectivity index is 1.78. The fraction of sp³-hybridized carbons (Fsp3) is 0.278. The molecule has 9 heteroatoms. The monoisotopic (exact) mass is 389 g/mol. The standard InChI is InChI=1S/C18H19N3O5S/c1-10(2)27(23,24)14-7-5-13(6-8-14)17-20-21-18(26-17)19-16(22)15-9-11(3)25-12(15)4/h5-10H,1-4H3,(H,19,21,22). The summed E-state index contributed by atoms with van der Waals surface area (Å²) in [6.45, 7) is 6.69. The van der Waals surface area contributed by atoms with Crippen LogP contribution in [0.15, 0.2) is 44.1 Å². The van der Waals surface area contributed by atoms with Gasteiger partial charge in [0, 0.05) is 5.56 Å². The van der Waals surface area contributed by atoms with Crippen molar-refractivity contribution >= 4 is 21.8 Å². The molecule has 2 aromatic heterocycles. The van der Waals surface area contributed by atoms with Crippen molar-refractivity contribution < 1.29 is 22.0 Å². The molecule has 0 saturated carbocycles. The zero-order valence-electron chi connectivity index (χ0n) is 15.3. The molecule has 8 nitrogen and oxygen atoms in total. The summed E-state index contributed by atoms with van der Waals surface area (Å²) < 4.78 is 35.1. The summed E-state index contributed by atoms with van der Waals surface area (Å²) in [5.41, 5.74) is 0.927. The second-order valence-electron chi connectivity index (χ2n) is 6.31. The Kier molecular flexibility index (Phi) is 4.88. The summed E-state index contributed by atoms with van der Waals surface area (Å²) in [5.74, 6) is 0.865. The van der Waals surface area contributed by atoms with E-state index in [9.17, 15) is 13.2 Å². The molecule has 0 bridgehead atoms. The average Bonchev–Trinajstić information content (AvgIpc) is 3.21. The van der Waals surface area contributed by atoms with Crippen molar-refractivity contribution in [1.29, 1.82) is 0 Å². The number of hydrogen-bond acceptors (Lipinski definition) is 7. The molecule has 0 radical (unpaired) electrons. The van der Waals surface area contributed by atoms with Gasteiger partial charge < -0.3 is 8.83 Å². The minimum absolute atomic E-state index is 0.0628. The van der Waals surface area contributed by atoms with Crippen LogP contribution in [0.2, 0.25) is 0 Å². The first-order valence-corrected chi connectivity index (χ1v) is 9.79. The molecule has 0 saturated heterocycles. The van der Waals surface area contributed by atoms with Gasteiger partial charge in [-0.15, -0.1) is 5.10 Å². The Morgan fingerprint density at radius 1 is 1.07 bits per heavy atom. The quantitative estimate of drug-likeness (QED) is 0.711. The molecule has 3 rings (SSSR count). The van der Waals surface area contributed by atoms with Crippen LogP contribution in [0.25, 0.3) is 11.5 Å². The number of sulfone groups is 1. The molecular formula is C18H19N3O5S. The Hall–Kier alpha value is -2.94. The van der Waals surface area contributed by atoms with Gasteiger partial charge in [-0.3, -0.25) is 10.1 Å². The highest BCUT2D eigenvalue weighted by molar-refractivity contribution is 7.92. The van der Waals surface area contributed by atoms with Crippen molar-refractivity contribution in [2.45, 2.75) is 37.8 Å². The molecule has 0 unspecified atom stereocenters. The molecule has 0 fully saturated rings. The van der Waals surface area contributed by atoms with Gasteiger partial charge in [-0.1, -0.05) is 5.10 Å². The van der Waals surface area contributed by atoms with Crippen molar-refractivity contribution in [2.75, 3.05) is 5.32 Å². The maximum absolute atomic E-state index is 12.2. The van der Waals surface area contributed by atoms with E-state index in [1.54, 1.807) is 45.9 Å². The predicted molar refractivity (Wildman–Crippen MR) is 98.2 cm³/mol. The number of amides is 1. The van der Waals surface area contributed by atoms with E-state index in [0.29, 0.717) is 22.6 Å². The normalized spacial score (nSPS) is 11.7. The molecule has 0 aliphatic carbocycles. The summed E-state index contributed by atoms with van der Waals surface area (Å²) >= 11 is 0. The average molecular weight is 389 g/mol. The van der Waals surface area contributed by atoms with Gasteiger partial charge in [-0.05, 0) is 58.0 Å². The van der Waals surface area contributed by atoms with Crippen LogP contribution in [-0.4, -0.2) is 29.8 Å². The van der Waals surface area contributed by atoms with Crippen LogP contribution in [0.5, 0.6) is 0 Å². The largest absolute Gasteiger partial charge is 0.466 e. The third kappa shape index (κ3) is 3.77. The smallest absolute Gasteiger partial charge is 0.322 e. The molecule has 0 aliphatic heterocycles. The highest BCUT2D eigenvalue weighted by Crippen LogP contribution is 2.24. The maximum Gasteiger partial charge on any atom is 0.322 e. The fourth-order valence-corrected chi connectivity index (χ4v) is 3.53. The SMILES string of the molecule is Cc1cc(C(=O)Nc2nnc(-c3ccc(S(=O)(=O)C(C)C)cc3)o2)c(C)o1. The minimum Gasteiger partial charge on any atom is -0.466 e. The molecule has 0 aliphatic rings. The van der Waals surface area contributed by atoms with E-state index >= 15 is 0 Å². The lowest BCUT2D eigenvalue weighted by Crippen LogP contribution is -2.13. The van der Waals surface area contributed by atoms with Gasteiger partial charge in [0.25, 0.3) is 5.91 Å². The van der Waals surface area contributed by atoms with Crippen LogP contribution in [0.4, 0.5) is 6.01 Å². The van der Waals surface area contributed by atoms with Gasteiger partial charge in [-0.2, -0.15) is 0 Å². The number of rotatable bonds is 5. The molecule has 2 heterocycles. The second kappa shape index (κ2) is 6.99. The predicted octanol–water partition coefficient (Wildman–Crippen LogP) is 3.38.